The fourth-order valence-electron chi connectivity index (χ4n) is 3.70. The molecule has 2 aromatic rings. The molecule has 0 bridgehead atoms. The Labute approximate surface area is 194 Å². The SMILES string of the molecule is CN=C(NCC(C)(C)c1ccc2c(c1)OCO2)N1CCOC(c2cnn(C)c2)C1.I. The minimum Gasteiger partial charge on any atom is -0.454 e. The van der Waals surface area contributed by atoms with Crippen LogP contribution in [0.4, 0.5) is 0 Å². The predicted octanol–water partition coefficient (Wildman–Crippen LogP) is 2.69. The Bertz CT molecular complexity index is 899. The highest BCUT2D eigenvalue weighted by molar-refractivity contribution is 14.0. The zero-order valence-corrected chi connectivity index (χ0v) is 20.3. The van der Waals surface area contributed by atoms with Crippen molar-refractivity contribution in [2.45, 2.75) is 25.4 Å². The molecule has 3 heterocycles. The van der Waals surface area contributed by atoms with E-state index in [1.807, 2.05) is 32.6 Å². The van der Waals surface area contributed by atoms with Gasteiger partial charge in [-0.3, -0.25) is 9.67 Å². The molecular formula is C21H30IN5O3. The molecule has 2 aliphatic heterocycles. The van der Waals surface area contributed by atoms with Gasteiger partial charge in [-0.1, -0.05) is 19.9 Å². The molecule has 1 N–H and O–H groups in total. The summed E-state index contributed by atoms with van der Waals surface area (Å²) in [5, 5.41) is 7.81. The van der Waals surface area contributed by atoms with Crippen LogP contribution in [0.3, 0.4) is 0 Å². The van der Waals surface area contributed by atoms with Gasteiger partial charge in [0.15, 0.2) is 17.5 Å². The third kappa shape index (κ3) is 4.83. The first-order chi connectivity index (χ1) is 14.0. The number of hydrogen-bond acceptors (Lipinski definition) is 5. The maximum absolute atomic E-state index is 5.96. The molecule has 1 saturated heterocycles. The zero-order chi connectivity index (χ0) is 20.4. The lowest BCUT2D eigenvalue weighted by molar-refractivity contribution is -0.00808. The Morgan fingerprint density at radius 2 is 2.10 bits per heavy atom. The van der Waals surface area contributed by atoms with Gasteiger partial charge in [0.25, 0.3) is 0 Å². The van der Waals surface area contributed by atoms with E-state index >= 15 is 0 Å². The fourth-order valence-corrected chi connectivity index (χ4v) is 3.70. The lowest BCUT2D eigenvalue weighted by Gasteiger charge is -2.36. The highest BCUT2D eigenvalue weighted by Gasteiger charge is 2.28. The molecule has 0 aliphatic carbocycles. The molecule has 1 aromatic carbocycles. The van der Waals surface area contributed by atoms with E-state index < -0.39 is 0 Å². The van der Waals surface area contributed by atoms with Crippen molar-refractivity contribution in [3.63, 3.8) is 0 Å². The van der Waals surface area contributed by atoms with Gasteiger partial charge < -0.3 is 24.4 Å². The summed E-state index contributed by atoms with van der Waals surface area (Å²) >= 11 is 0. The van der Waals surface area contributed by atoms with Crippen LogP contribution < -0.4 is 14.8 Å². The van der Waals surface area contributed by atoms with Crippen LogP contribution in [0.25, 0.3) is 0 Å². The van der Waals surface area contributed by atoms with Gasteiger partial charge in [-0.2, -0.15) is 5.10 Å². The van der Waals surface area contributed by atoms with Gasteiger partial charge in [0.05, 0.1) is 19.3 Å². The third-order valence-corrected chi connectivity index (χ3v) is 5.52. The zero-order valence-electron chi connectivity index (χ0n) is 17.9. The highest BCUT2D eigenvalue weighted by Crippen LogP contribution is 2.36. The van der Waals surface area contributed by atoms with E-state index in [9.17, 15) is 0 Å². The number of fused-ring (bicyclic) bond motifs is 1. The fraction of sp³-hybridized carbons (Fsp3) is 0.524. The van der Waals surface area contributed by atoms with Crippen LogP contribution in [0.1, 0.15) is 31.1 Å². The second kappa shape index (κ2) is 9.42. The van der Waals surface area contributed by atoms with Gasteiger partial charge >= 0.3 is 0 Å². The number of morpholine rings is 1. The molecule has 1 fully saturated rings. The predicted molar refractivity (Wildman–Crippen MR) is 126 cm³/mol. The van der Waals surface area contributed by atoms with Crippen LogP contribution in [0.5, 0.6) is 11.5 Å². The van der Waals surface area contributed by atoms with Crippen LogP contribution in [-0.4, -0.2) is 60.7 Å². The molecule has 164 valence electrons. The highest BCUT2D eigenvalue weighted by atomic mass is 127. The Morgan fingerprint density at radius 1 is 1.30 bits per heavy atom. The molecule has 1 atom stereocenters. The first kappa shape index (κ1) is 22.7. The number of hydrogen-bond donors (Lipinski definition) is 1. The molecule has 0 spiro atoms. The van der Waals surface area contributed by atoms with Crippen molar-refractivity contribution in [2.75, 3.05) is 40.1 Å². The van der Waals surface area contributed by atoms with Gasteiger partial charge in [0.1, 0.15) is 6.10 Å². The summed E-state index contributed by atoms with van der Waals surface area (Å²) in [7, 11) is 3.74. The Kier molecular flexibility index (Phi) is 7.12. The minimum absolute atomic E-state index is 0. The summed E-state index contributed by atoms with van der Waals surface area (Å²) in [6, 6.07) is 6.15. The normalized spacial score (nSPS) is 18.9. The summed E-state index contributed by atoms with van der Waals surface area (Å²) in [6.45, 7) is 7.67. The smallest absolute Gasteiger partial charge is 0.231 e. The number of nitrogens with one attached hydrogen (secondary N) is 1. The molecule has 1 unspecified atom stereocenters. The van der Waals surface area contributed by atoms with Crippen LogP contribution >= 0.6 is 24.0 Å². The van der Waals surface area contributed by atoms with E-state index in [-0.39, 0.29) is 35.5 Å². The molecule has 0 saturated carbocycles. The molecule has 2 aliphatic rings. The summed E-state index contributed by atoms with van der Waals surface area (Å²) in [6.07, 6.45) is 3.87. The average molecular weight is 527 g/mol. The Balaban J connectivity index is 0.00000256. The third-order valence-electron chi connectivity index (χ3n) is 5.52. The number of halogens is 1. The molecule has 30 heavy (non-hydrogen) atoms. The second-order valence-electron chi connectivity index (χ2n) is 8.11. The molecule has 9 heteroatoms. The van der Waals surface area contributed by atoms with Crippen molar-refractivity contribution >= 4 is 29.9 Å². The van der Waals surface area contributed by atoms with E-state index in [1.54, 1.807) is 4.68 Å². The van der Waals surface area contributed by atoms with Crippen LogP contribution in [0.2, 0.25) is 0 Å². The second-order valence-corrected chi connectivity index (χ2v) is 8.11. The van der Waals surface area contributed by atoms with Gasteiger partial charge in [-0.05, 0) is 17.7 Å². The van der Waals surface area contributed by atoms with E-state index in [2.05, 4.69) is 46.3 Å². The standard InChI is InChI=1S/C21H29N5O3.HI/c1-21(2,16-5-6-17-18(9-16)29-14-28-17)13-23-20(22-3)26-7-8-27-19(12-26)15-10-24-25(4)11-15;/h5-6,9-11,19H,7-8,12-14H2,1-4H3,(H,22,23);1H. The quantitative estimate of drug-likeness (QED) is 0.375. The van der Waals surface area contributed by atoms with Gasteiger partial charge in [0, 0.05) is 44.4 Å². The van der Waals surface area contributed by atoms with Crippen molar-refractivity contribution in [3.05, 3.63) is 41.7 Å². The van der Waals surface area contributed by atoms with Gasteiger partial charge in [-0.25, -0.2) is 0 Å². The molecule has 4 rings (SSSR count). The van der Waals surface area contributed by atoms with Gasteiger partial charge in [-0.15, -0.1) is 24.0 Å². The molecule has 1 aromatic heterocycles. The maximum atomic E-state index is 5.96. The molecule has 0 radical (unpaired) electrons. The monoisotopic (exact) mass is 527 g/mol. The van der Waals surface area contributed by atoms with E-state index in [1.165, 1.54) is 5.56 Å². The van der Waals surface area contributed by atoms with E-state index in [0.29, 0.717) is 13.4 Å². The minimum atomic E-state index is -0.105. The topological polar surface area (TPSA) is 73.1 Å². The lowest BCUT2D eigenvalue weighted by atomic mass is 9.84. The summed E-state index contributed by atoms with van der Waals surface area (Å²) in [5.74, 6) is 2.51. The first-order valence-electron chi connectivity index (χ1n) is 9.92. The largest absolute Gasteiger partial charge is 0.454 e. The van der Waals surface area contributed by atoms with Gasteiger partial charge in [0.2, 0.25) is 6.79 Å². The molecular weight excluding hydrogens is 497 g/mol. The van der Waals surface area contributed by atoms with E-state index in [0.717, 1.165) is 42.7 Å². The van der Waals surface area contributed by atoms with Crippen molar-refractivity contribution in [1.29, 1.82) is 0 Å². The summed E-state index contributed by atoms with van der Waals surface area (Å²) in [5.41, 5.74) is 2.18. The number of aromatic nitrogens is 2. The number of rotatable bonds is 4. The molecule has 0 amide bonds. The van der Waals surface area contributed by atoms with Crippen LogP contribution in [0, 0.1) is 0 Å². The number of aliphatic imine (C=N–C) groups is 1. The first-order valence-corrected chi connectivity index (χ1v) is 9.92. The van der Waals surface area contributed by atoms with Crippen molar-refractivity contribution in [1.82, 2.24) is 20.0 Å². The van der Waals surface area contributed by atoms with Crippen LogP contribution in [0.15, 0.2) is 35.6 Å². The number of ether oxygens (including phenoxy) is 3. The number of guanidine groups is 1. The number of benzene rings is 1. The summed E-state index contributed by atoms with van der Waals surface area (Å²) < 4.78 is 18.7. The average Bonchev–Trinajstić information content (AvgIpc) is 3.37. The Hall–Kier alpha value is -2.01. The van der Waals surface area contributed by atoms with E-state index in [4.69, 9.17) is 14.2 Å². The van der Waals surface area contributed by atoms with Crippen molar-refractivity contribution < 1.29 is 14.2 Å². The van der Waals surface area contributed by atoms with Crippen molar-refractivity contribution in [3.8, 4) is 11.5 Å². The number of aryl methyl sites for hydroxylation is 1. The Morgan fingerprint density at radius 3 is 2.83 bits per heavy atom. The van der Waals surface area contributed by atoms with Crippen LogP contribution in [-0.2, 0) is 17.2 Å². The van der Waals surface area contributed by atoms with Crippen molar-refractivity contribution in [2.24, 2.45) is 12.0 Å². The molecule has 8 nitrogen and oxygen atoms in total. The maximum Gasteiger partial charge on any atom is 0.231 e. The lowest BCUT2D eigenvalue weighted by Crippen LogP contribution is -2.50. The number of nitrogens with zero attached hydrogens (tertiary/aromatic N) is 4. The summed E-state index contributed by atoms with van der Waals surface area (Å²) in [4.78, 5) is 6.76.